The van der Waals surface area contributed by atoms with Crippen molar-refractivity contribution in [3.05, 3.63) is 23.7 Å². The SMILES string of the molecule is O=C1NC(=O)/C(=C/c2ccnc(N3CCCCCC3)n2)N1. The number of hydrogen-bond acceptors (Lipinski definition) is 5. The van der Waals surface area contributed by atoms with Crippen molar-refractivity contribution in [2.75, 3.05) is 18.0 Å². The van der Waals surface area contributed by atoms with Crippen LogP contribution < -0.4 is 15.5 Å². The average Bonchev–Trinajstić information content (AvgIpc) is 2.70. The van der Waals surface area contributed by atoms with Crippen molar-refractivity contribution >= 4 is 24.0 Å². The summed E-state index contributed by atoms with van der Waals surface area (Å²) in [5.41, 5.74) is 0.817. The van der Waals surface area contributed by atoms with E-state index in [0.717, 1.165) is 25.9 Å². The largest absolute Gasteiger partial charge is 0.341 e. The van der Waals surface area contributed by atoms with Gasteiger partial charge in [0.1, 0.15) is 5.70 Å². The number of aromatic nitrogens is 2. The van der Waals surface area contributed by atoms with E-state index < -0.39 is 11.9 Å². The molecule has 3 heterocycles. The van der Waals surface area contributed by atoms with Crippen LogP contribution in [0.1, 0.15) is 31.4 Å². The molecule has 0 unspecified atom stereocenters. The van der Waals surface area contributed by atoms with E-state index in [2.05, 4.69) is 25.5 Å². The van der Waals surface area contributed by atoms with Crippen LogP contribution in [0.4, 0.5) is 10.7 Å². The molecule has 3 rings (SSSR count). The van der Waals surface area contributed by atoms with E-state index >= 15 is 0 Å². The Hall–Kier alpha value is -2.44. The van der Waals surface area contributed by atoms with Gasteiger partial charge < -0.3 is 10.2 Å². The normalized spacial score (nSPS) is 21.1. The van der Waals surface area contributed by atoms with E-state index in [1.807, 2.05) is 0 Å². The first-order chi connectivity index (χ1) is 10.2. The lowest BCUT2D eigenvalue weighted by molar-refractivity contribution is -0.115. The van der Waals surface area contributed by atoms with Gasteiger partial charge in [0.25, 0.3) is 5.91 Å². The van der Waals surface area contributed by atoms with Crippen molar-refractivity contribution in [3.8, 4) is 0 Å². The van der Waals surface area contributed by atoms with E-state index in [4.69, 9.17) is 0 Å². The maximum Gasteiger partial charge on any atom is 0.326 e. The highest BCUT2D eigenvalue weighted by molar-refractivity contribution is 6.13. The molecule has 7 nitrogen and oxygen atoms in total. The van der Waals surface area contributed by atoms with E-state index in [0.29, 0.717) is 11.6 Å². The van der Waals surface area contributed by atoms with Gasteiger partial charge in [-0.05, 0) is 25.0 Å². The molecule has 110 valence electrons. The van der Waals surface area contributed by atoms with Crippen molar-refractivity contribution in [2.24, 2.45) is 0 Å². The number of amides is 3. The topological polar surface area (TPSA) is 87.2 Å². The van der Waals surface area contributed by atoms with Crippen LogP contribution in [0.5, 0.6) is 0 Å². The molecule has 7 heteroatoms. The van der Waals surface area contributed by atoms with Crippen LogP contribution in [-0.2, 0) is 4.79 Å². The third kappa shape index (κ3) is 3.18. The Bertz CT molecular complexity index is 591. The highest BCUT2D eigenvalue weighted by Gasteiger charge is 2.23. The van der Waals surface area contributed by atoms with E-state index in [-0.39, 0.29) is 5.70 Å². The summed E-state index contributed by atoms with van der Waals surface area (Å²) in [5, 5.41) is 4.61. The third-order valence-electron chi connectivity index (χ3n) is 3.57. The van der Waals surface area contributed by atoms with E-state index in [1.165, 1.54) is 12.8 Å². The number of hydrogen-bond donors (Lipinski definition) is 2. The molecular weight excluding hydrogens is 270 g/mol. The molecule has 0 aliphatic carbocycles. The number of urea groups is 1. The van der Waals surface area contributed by atoms with Gasteiger partial charge in [0.2, 0.25) is 5.95 Å². The minimum absolute atomic E-state index is 0.209. The van der Waals surface area contributed by atoms with Crippen LogP contribution in [0.25, 0.3) is 6.08 Å². The number of nitrogens with one attached hydrogen (secondary N) is 2. The molecule has 21 heavy (non-hydrogen) atoms. The third-order valence-corrected chi connectivity index (χ3v) is 3.57. The summed E-state index contributed by atoms with van der Waals surface area (Å²) in [6.07, 6.45) is 8.01. The summed E-state index contributed by atoms with van der Waals surface area (Å²) in [6, 6.07) is 1.21. The van der Waals surface area contributed by atoms with Gasteiger partial charge in [-0.3, -0.25) is 10.1 Å². The monoisotopic (exact) mass is 287 g/mol. The van der Waals surface area contributed by atoms with Gasteiger partial charge in [0.05, 0.1) is 5.69 Å². The first-order valence-electron chi connectivity index (χ1n) is 7.14. The summed E-state index contributed by atoms with van der Waals surface area (Å²) in [7, 11) is 0. The molecule has 0 spiro atoms. The molecule has 0 saturated carbocycles. The van der Waals surface area contributed by atoms with Crippen LogP contribution in [-0.4, -0.2) is 35.0 Å². The van der Waals surface area contributed by atoms with Crippen molar-refractivity contribution < 1.29 is 9.59 Å². The van der Waals surface area contributed by atoms with Gasteiger partial charge in [-0.1, -0.05) is 12.8 Å². The second-order valence-corrected chi connectivity index (χ2v) is 5.15. The zero-order valence-corrected chi connectivity index (χ0v) is 11.6. The number of carbonyl (C=O) groups excluding carboxylic acids is 2. The van der Waals surface area contributed by atoms with Gasteiger partial charge in [0.15, 0.2) is 0 Å². The Morgan fingerprint density at radius 2 is 1.86 bits per heavy atom. The molecule has 0 aromatic carbocycles. The fraction of sp³-hybridized carbons (Fsp3) is 0.429. The summed E-state index contributed by atoms with van der Waals surface area (Å²) in [6.45, 7) is 1.91. The van der Waals surface area contributed by atoms with Crippen molar-refractivity contribution in [3.63, 3.8) is 0 Å². The Morgan fingerprint density at radius 3 is 2.52 bits per heavy atom. The lowest BCUT2D eigenvalue weighted by Crippen LogP contribution is -2.26. The summed E-state index contributed by atoms with van der Waals surface area (Å²) < 4.78 is 0. The molecule has 2 saturated heterocycles. The maximum atomic E-state index is 11.5. The number of imide groups is 1. The molecule has 2 N–H and O–H groups in total. The Kier molecular flexibility index (Phi) is 3.81. The molecule has 2 fully saturated rings. The minimum atomic E-state index is -0.506. The summed E-state index contributed by atoms with van der Waals surface area (Å²) in [5.74, 6) is 0.242. The number of anilines is 1. The summed E-state index contributed by atoms with van der Waals surface area (Å²) >= 11 is 0. The molecule has 2 aliphatic heterocycles. The first-order valence-corrected chi connectivity index (χ1v) is 7.14. The van der Waals surface area contributed by atoms with Crippen LogP contribution in [0.2, 0.25) is 0 Å². The number of rotatable bonds is 2. The Balaban J connectivity index is 1.81. The Morgan fingerprint density at radius 1 is 1.10 bits per heavy atom. The lowest BCUT2D eigenvalue weighted by atomic mass is 10.2. The molecular formula is C14H17N5O2. The van der Waals surface area contributed by atoms with Crippen molar-refractivity contribution in [1.82, 2.24) is 20.6 Å². The van der Waals surface area contributed by atoms with E-state index in [1.54, 1.807) is 18.3 Å². The lowest BCUT2D eigenvalue weighted by Gasteiger charge is -2.19. The molecule has 0 radical (unpaired) electrons. The molecule has 3 amide bonds. The quantitative estimate of drug-likeness (QED) is 0.627. The molecule has 2 aliphatic rings. The molecule has 1 aromatic heterocycles. The van der Waals surface area contributed by atoms with Crippen LogP contribution in [0, 0.1) is 0 Å². The zero-order chi connectivity index (χ0) is 14.7. The Labute approximate surface area is 122 Å². The first kappa shape index (κ1) is 13.5. The van der Waals surface area contributed by atoms with Crippen molar-refractivity contribution in [1.29, 1.82) is 0 Å². The number of nitrogens with zero attached hydrogens (tertiary/aromatic N) is 3. The smallest absolute Gasteiger partial charge is 0.326 e. The highest BCUT2D eigenvalue weighted by atomic mass is 16.2. The molecule has 0 bridgehead atoms. The predicted molar refractivity (Wildman–Crippen MR) is 77.4 cm³/mol. The predicted octanol–water partition coefficient (Wildman–Crippen LogP) is 1.04. The van der Waals surface area contributed by atoms with Gasteiger partial charge in [-0.15, -0.1) is 0 Å². The fourth-order valence-electron chi connectivity index (χ4n) is 2.50. The standard InChI is InChI=1S/C14H17N5O2/c20-12-11(17-14(21)18-12)9-10-5-6-15-13(16-10)19-7-3-1-2-4-8-19/h5-6,9H,1-4,7-8H2,(H2,17,18,20,21)/b11-9-. The number of carbonyl (C=O) groups is 2. The van der Waals surface area contributed by atoms with Crippen molar-refractivity contribution in [2.45, 2.75) is 25.7 Å². The van der Waals surface area contributed by atoms with Crippen LogP contribution in [0.15, 0.2) is 18.0 Å². The van der Waals surface area contributed by atoms with Gasteiger partial charge in [-0.2, -0.15) is 0 Å². The molecule has 0 atom stereocenters. The van der Waals surface area contributed by atoms with Gasteiger partial charge >= 0.3 is 6.03 Å². The minimum Gasteiger partial charge on any atom is -0.341 e. The second kappa shape index (κ2) is 5.90. The fourth-order valence-corrected chi connectivity index (χ4v) is 2.50. The maximum absolute atomic E-state index is 11.5. The van der Waals surface area contributed by atoms with Gasteiger partial charge in [-0.25, -0.2) is 14.8 Å². The van der Waals surface area contributed by atoms with Crippen LogP contribution in [0.3, 0.4) is 0 Å². The van der Waals surface area contributed by atoms with Gasteiger partial charge in [0, 0.05) is 19.3 Å². The summed E-state index contributed by atoms with van der Waals surface area (Å²) in [4.78, 5) is 33.5. The van der Waals surface area contributed by atoms with E-state index in [9.17, 15) is 9.59 Å². The second-order valence-electron chi connectivity index (χ2n) is 5.15. The van der Waals surface area contributed by atoms with Crippen LogP contribution >= 0.6 is 0 Å². The zero-order valence-electron chi connectivity index (χ0n) is 11.6. The highest BCUT2D eigenvalue weighted by Crippen LogP contribution is 2.16. The molecule has 1 aromatic rings. The average molecular weight is 287 g/mol.